The molecule has 0 saturated heterocycles. The second-order valence-electron chi connectivity index (χ2n) is 2.62. The van der Waals surface area contributed by atoms with E-state index in [9.17, 15) is 0 Å². The second-order valence-corrected chi connectivity index (χ2v) is 4.33. The minimum absolute atomic E-state index is 0.642. The SMILES string of the molecule is COc1cc(CCN)c(Br)cc1Br. The molecule has 1 aromatic rings. The number of hydrogen-bond donors (Lipinski definition) is 1. The van der Waals surface area contributed by atoms with Crippen molar-refractivity contribution < 1.29 is 4.74 Å². The van der Waals surface area contributed by atoms with Gasteiger partial charge in [-0.05, 0) is 46.6 Å². The lowest BCUT2D eigenvalue weighted by molar-refractivity contribution is 0.411. The largest absolute Gasteiger partial charge is 0.496 e. The molecule has 0 aliphatic carbocycles. The average Bonchev–Trinajstić information content (AvgIpc) is 2.10. The number of halogens is 2. The lowest BCUT2D eigenvalue weighted by Gasteiger charge is -2.08. The van der Waals surface area contributed by atoms with Gasteiger partial charge in [0.25, 0.3) is 0 Å². The Morgan fingerprint density at radius 2 is 2.00 bits per heavy atom. The third-order valence-electron chi connectivity index (χ3n) is 1.73. The molecule has 13 heavy (non-hydrogen) atoms. The van der Waals surface area contributed by atoms with Crippen LogP contribution in [-0.4, -0.2) is 13.7 Å². The first kappa shape index (κ1) is 11.0. The van der Waals surface area contributed by atoms with E-state index in [1.165, 1.54) is 5.56 Å². The Bertz CT molecular complexity index is 302. The first-order chi connectivity index (χ1) is 6.19. The molecule has 0 saturated carbocycles. The molecule has 0 aliphatic rings. The summed E-state index contributed by atoms with van der Waals surface area (Å²) in [5.41, 5.74) is 6.65. The minimum Gasteiger partial charge on any atom is -0.496 e. The highest BCUT2D eigenvalue weighted by molar-refractivity contribution is 9.11. The molecule has 1 rings (SSSR count). The predicted octanol–water partition coefficient (Wildman–Crippen LogP) is 2.72. The molecule has 2 nitrogen and oxygen atoms in total. The first-order valence-electron chi connectivity index (χ1n) is 3.91. The third kappa shape index (κ3) is 2.69. The fraction of sp³-hybridized carbons (Fsp3) is 0.333. The zero-order valence-corrected chi connectivity index (χ0v) is 10.5. The summed E-state index contributed by atoms with van der Waals surface area (Å²) in [6.07, 6.45) is 0.851. The Kier molecular flexibility index (Phi) is 4.22. The molecule has 0 spiro atoms. The van der Waals surface area contributed by atoms with Crippen molar-refractivity contribution in [3.63, 3.8) is 0 Å². The van der Waals surface area contributed by atoms with Crippen LogP contribution in [0, 0.1) is 0 Å². The molecule has 0 heterocycles. The van der Waals surface area contributed by atoms with E-state index in [1.54, 1.807) is 7.11 Å². The van der Waals surface area contributed by atoms with E-state index in [0.717, 1.165) is 21.1 Å². The van der Waals surface area contributed by atoms with Gasteiger partial charge in [0, 0.05) is 4.47 Å². The smallest absolute Gasteiger partial charge is 0.133 e. The van der Waals surface area contributed by atoms with Gasteiger partial charge >= 0.3 is 0 Å². The Morgan fingerprint density at radius 1 is 1.31 bits per heavy atom. The highest BCUT2D eigenvalue weighted by Gasteiger charge is 2.05. The van der Waals surface area contributed by atoms with E-state index >= 15 is 0 Å². The summed E-state index contributed by atoms with van der Waals surface area (Å²) >= 11 is 6.88. The van der Waals surface area contributed by atoms with E-state index < -0.39 is 0 Å². The normalized spacial score (nSPS) is 10.2. The molecule has 0 aromatic heterocycles. The number of hydrogen-bond acceptors (Lipinski definition) is 2. The molecular weight excluding hydrogens is 298 g/mol. The molecule has 1 aromatic carbocycles. The monoisotopic (exact) mass is 307 g/mol. The molecule has 2 N–H and O–H groups in total. The second kappa shape index (κ2) is 4.98. The van der Waals surface area contributed by atoms with E-state index in [-0.39, 0.29) is 0 Å². The van der Waals surface area contributed by atoms with Gasteiger partial charge in [-0.25, -0.2) is 0 Å². The van der Waals surface area contributed by atoms with Crippen molar-refractivity contribution in [3.8, 4) is 5.75 Å². The molecule has 0 bridgehead atoms. The maximum absolute atomic E-state index is 5.49. The van der Waals surface area contributed by atoms with Gasteiger partial charge in [0.1, 0.15) is 5.75 Å². The van der Waals surface area contributed by atoms with Crippen LogP contribution in [0.3, 0.4) is 0 Å². The summed E-state index contributed by atoms with van der Waals surface area (Å²) in [6.45, 7) is 0.642. The van der Waals surface area contributed by atoms with Crippen LogP contribution in [0.2, 0.25) is 0 Å². The maximum Gasteiger partial charge on any atom is 0.133 e. The fourth-order valence-corrected chi connectivity index (χ4v) is 2.43. The topological polar surface area (TPSA) is 35.2 Å². The van der Waals surface area contributed by atoms with E-state index in [1.807, 2.05) is 12.1 Å². The van der Waals surface area contributed by atoms with Crippen molar-refractivity contribution in [3.05, 3.63) is 26.6 Å². The summed E-state index contributed by atoms with van der Waals surface area (Å²) in [7, 11) is 1.65. The van der Waals surface area contributed by atoms with Crippen molar-refractivity contribution in [1.82, 2.24) is 0 Å². The van der Waals surface area contributed by atoms with Crippen LogP contribution in [0.1, 0.15) is 5.56 Å². The quantitative estimate of drug-likeness (QED) is 0.932. The molecule has 0 unspecified atom stereocenters. The first-order valence-corrected chi connectivity index (χ1v) is 5.49. The number of nitrogens with two attached hydrogens (primary N) is 1. The van der Waals surface area contributed by atoms with Gasteiger partial charge in [0.15, 0.2) is 0 Å². The summed E-state index contributed by atoms with van der Waals surface area (Å²) in [4.78, 5) is 0. The van der Waals surface area contributed by atoms with Crippen molar-refractivity contribution in [2.75, 3.05) is 13.7 Å². The molecule has 0 atom stereocenters. The van der Waals surface area contributed by atoms with Crippen LogP contribution in [0.25, 0.3) is 0 Å². The van der Waals surface area contributed by atoms with E-state index in [2.05, 4.69) is 31.9 Å². The number of methoxy groups -OCH3 is 1. The van der Waals surface area contributed by atoms with Crippen molar-refractivity contribution in [1.29, 1.82) is 0 Å². The number of benzene rings is 1. The van der Waals surface area contributed by atoms with Gasteiger partial charge in [-0.2, -0.15) is 0 Å². The lowest BCUT2D eigenvalue weighted by Crippen LogP contribution is -2.03. The van der Waals surface area contributed by atoms with Gasteiger partial charge in [0.05, 0.1) is 11.6 Å². The Labute approximate surface area is 94.7 Å². The third-order valence-corrected chi connectivity index (χ3v) is 3.09. The highest BCUT2D eigenvalue weighted by Crippen LogP contribution is 2.31. The van der Waals surface area contributed by atoms with E-state index in [4.69, 9.17) is 10.5 Å². The van der Waals surface area contributed by atoms with Crippen LogP contribution in [-0.2, 0) is 6.42 Å². The molecule has 0 fully saturated rings. The molecular formula is C9H11Br2NO. The van der Waals surface area contributed by atoms with Gasteiger partial charge in [-0.1, -0.05) is 15.9 Å². The van der Waals surface area contributed by atoms with Gasteiger partial charge in [-0.15, -0.1) is 0 Å². The lowest BCUT2D eigenvalue weighted by atomic mass is 10.1. The predicted molar refractivity (Wildman–Crippen MR) is 61.2 cm³/mol. The molecule has 0 aliphatic heterocycles. The van der Waals surface area contributed by atoms with Crippen molar-refractivity contribution in [2.24, 2.45) is 5.73 Å². The molecule has 0 radical (unpaired) electrons. The maximum atomic E-state index is 5.49. The summed E-state index contributed by atoms with van der Waals surface area (Å²) in [6, 6.07) is 3.96. The van der Waals surface area contributed by atoms with Gasteiger partial charge < -0.3 is 10.5 Å². The van der Waals surface area contributed by atoms with Crippen molar-refractivity contribution >= 4 is 31.9 Å². The molecule has 0 amide bonds. The van der Waals surface area contributed by atoms with Crippen molar-refractivity contribution in [2.45, 2.75) is 6.42 Å². The molecule has 4 heteroatoms. The fourth-order valence-electron chi connectivity index (χ4n) is 1.07. The summed E-state index contributed by atoms with van der Waals surface area (Å²) < 4.78 is 7.19. The Hall–Kier alpha value is -0.0600. The van der Waals surface area contributed by atoms with Crippen LogP contribution in [0.5, 0.6) is 5.75 Å². The van der Waals surface area contributed by atoms with Crippen LogP contribution < -0.4 is 10.5 Å². The van der Waals surface area contributed by atoms with Gasteiger partial charge in [0.2, 0.25) is 0 Å². The van der Waals surface area contributed by atoms with Gasteiger partial charge in [-0.3, -0.25) is 0 Å². The zero-order chi connectivity index (χ0) is 9.84. The van der Waals surface area contributed by atoms with E-state index in [0.29, 0.717) is 6.54 Å². The highest BCUT2D eigenvalue weighted by atomic mass is 79.9. The molecule has 72 valence electrons. The van der Waals surface area contributed by atoms with Crippen LogP contribution in [0.15, 0.2) is 21.1 Å². The Balaban J connectivity index is 3.06. The Morgan fingerprint density at radius 3 is 2.54 bits per heavy atom. The minimum atomic E-state index is 0.642. The van der Waals surface area contributed by atoms with Crippen LogP contribution >= 0.6 is 31.9 Å². The summed E-state index contributed by atoms with van der Waals surface area (Å²) in [5, 5.41) is 0. The standard InChI is InChI=1S/C9H11Br2NO/c1-13-9-4-6(2-3-12)7(10)5-8(9)11/h4-5H,2-3,12H2,1H3. The zero-order valence-electron chi connectivity index (χ0n) is 7.31. The van der Waals surface area contributed by atoms with Crippen LogP contribution in [0.4, 0.5) is 0 Å². The summed E-state index contributed by atoms with van der Waals surface area (Å²) in [5.74, 6) is 0.839. The number of ether oxygens (including phenoxy) is 1. The number of rotatable bonds is 3. The average molecular weight is 309 g/mol.